The number of aldehydes is 1. The van der Waals surface area contributed by atoms with Gasteiger partial charge in [0.1, 0.15) is 5.82 Å². The van der Waals surface area contributed by atoms with Gasteiger partial charge in [-0.1, -0.05) is 48.5 Å². The number of fused-ring (bicyclic) bond motifs is 2. The minimum absolute atomic E-state index is 0.144. The molecule has 25 heavy (non-hydrogen) atoms. The molecule has 4 heteroatoms. The van der Waals surface area contributed by atoms with Crippen LogP contribution in [0.3, 0.4) is 0 Å². The van der Waals surface area contributed by atoms with Crippen molar-refractivity contribution in [2.75, 3.05) is 13.2 Å². The van der Waals surface area contributed by atoms with Crippen LogP contribution in [0.1, 0.15) is 27.9 Å². The number of carbonyl (C=O) groups is 1. The topological polar surface area (TPSA) is 29.5 Å². The van der Waals surface area contributed by atoms with Crippen LogP contribution in [-0.4, -0.2) is 36.5 Å². The number of rotatable bonds is 4. The summed E-state index contributed by atoms with van der Waals surface area (Å²) in [6, 6.07) is 15.6. The molecule has 1 fully saturated rings. The van der Waals surface area contributed by atoms with Gasteiger partial charge < -0.3 is 4.74 Å². The Morgan fingerprint density at radius 1 is 1.12 bits per heavy atom. The number of hydrogen-bond acceptors (Lipinski definition) is 3. The summed E-state index contributed by atoms with van der Waals surface area (Å²) in [4.78, 5) is 13.8. The Hall–Kier alpha value is -2.30. The Kier molecular flexibility index (Phi) is 4.47. The Bertz CT molecular complexity index is 803. The van der Waals surface area contributed by atoms with Gasteiger partial charge in [0, 0.05) is 12.6 Å². The van der Waals surface area contributed by atoms with E-state index < -0.39 is 5.82 Å². The van der Waals surface area contributed by atoms with Gasteiger partial charge in [0.2, 0.25) is 0 Å². The van der Waals surface area contributed by atoms with Crippen molar-refractivity contribution in [1.29, 1.82) is 0 Å². The lowest BCUT2D eigenvalue weighted by Gasteiger charge is -2.45. The molecule has 0 aliphatic carbocycles. The van der Waals surface area contributed by atoms with E-state index in [2.05, 4.69) is 35.2 Å². The van der Waals surface area contributed by atoms with Gasteiger partial charge in [-0.2, -0.15) is 0 Å². The molecular formula is C21H20FNO2. The quantitative estimate of drug-likeness (QED) is 0.797. The van der Waals surface area contributed by atoms with Crippen LogP contribution in [0, 0.1) is 5.82 Å². The molecule has 2 aliphatic rings. The third kappa shape index (κ3) is 3.15. The Morgan fingerprint density at radius 3 is 2.72 bits per heavy atom. The van der Waals surface area contributed by atoms with Gasteiger partial charge in [-0.05, 0) is 29.2 Å². The summed E-state index contributed by atoms with van der Waals surface area (Å²) in [5, 5.41) is 0. The van der Waals surface area contributed by atoms with Crippen LogP contribution < -0.4 is 0 Å². The van der Waals surface area contributed by atoms with Crippen LogP contribution >= 0.6 is 0 Å². The first kappa shape index (κ1) is 16.2. The zero-order valence-corrected chi connectivity index (χ0v) is 13.9. The number of hydrogen-bond donors (Lipinski definition) is 0. The predicted octanol–water partition coefficient (Wildman–Crippen LogP) is 3.69. The van der Waals surface area contributed by atoms with Gasteiger partial charge in [-0.15, -0.1) is 0 Å². The Balaban J connectivity index is 1.66. The van der Waals surface area contributed by atoms with E-state index in [0.29, 0.717) is 25.1 Å². The first-order valence-corrected chi connectivity index (χ1v) is 8.58. The second-order valence-corrected chi connectivity index (χ2v) is 6.63. The van der Waals surface area contributed by atoms with E-state index in [1.165, 1.54) is 11.6 Å². The summed E-state index contributed by atoms with van der Waals surface area (Å²) in [5.74, 6) is -0.457. The Morgan fingerprint density at radius 2 is 1.96 bits per heavy atom. The molecule has 0 amide bonds. The minimum atomic E-state index is -0.457. The molecule has 2 unspecified atom stereocenters. The van der Waals surface area contributed by atoms with Crippen molar-refractivity contribution in [3.63, 3.8) is 0 Å². The summed E-state index contributed by atoms with van der Waals surface area (Å²) < 4.78 is 19.7. The molecule has 3 nitrogen and oxygen atoms in total. The largest absolute Gasteiger partial charge is 0.378 e. The third-order valence-corrected chi connectivity index (χ3v) is 5.07. The number of benzene rings is 2. The standard InChI is InChI=1S/C21H20FNO2/c22-21-8-4-7-19(20(21)12-24)16-9-17-13-25-14-18(10-16)23(17)11-15-5-2-1-3-6-15/h1-9,12,17-18H,10-11,13-14H2. The molecule has 128 valence electrons. The van der Waals surface area contributed by atoms with Crippen LogP contribution in [0.4, 0.5) is 4.39 Å². The first-order valence-electron chi connectivity index (χ1n) is 8.58. The molecule has 2 aliphatic heterocycles. The number of nitrogens with zero attached hydrogens (tertiary/aromatic N) is 1. The summed E-state index contributed by atoms with van der Waals surface area (Å²) in [6.07, 6.45) is 3.52. The maximum atomic E-state index is 14.0. The van der Waals surface area contributed by atoms with Crippen molar-refractivity contribution >= 4 is 11.9 Å². The summed E-state index contributed by atoms with van der Waals surface area (Å²) in [7, 11) is 0. The Labute approximate surface area is 146 Å². The third-order valence-electron chi connectivity index (χ3n) is 5.07. The highest BCUT2D eigenvalue weighted by Crippen LogP contribution is 2.35. The van der Waals surface area contributed by atoms with E-state index in [9.17, 15) is 9.18 Å². The van der Waals surface area contributed by atoms with Gasteiger partial charge in [-0.3, -0.25) is 9.69 Å². The molecule has 0 saturated carbocycles. The minimum Gasteiger partial charge on any atom is -0.378 e. The molecule has 4 rings (SSSR count). The fourth-order valence-electron chi connectivity index (χ4n) is 3.84. The molecule has 0 radical (unpaired) electrons. The summed E-state index contributed by atoms with van der Waals surface area (Å²) in [6.45, 7) is 2.15. The highest BCUT2D eigenvalue weighted by atomic mass is 19.1. The summed E-state index contributed by atoms with van der Waals surface area (Å²) in [5.41, 5.74) is 3.19. The van der Waals surface area contributed by atoms with Crippen molar-refractivity contribution in [2.24, 2.45) is 0 Å². The summed E-state index contributed by atoms with van der Waals surface area (Å²) >= 11 is 0. The van der Waals surface area contributed by atoms with E-state index >= 15 is 0 Å². The van der Waals surface area contributed by atoms with Crippen LogP contribution in [0.2, 0.25) is 0 Å². The molecule has 2 atom stereocenters. The van der Waals surface area contributed by atoms with Crippen molar-refractivity contribution < 1.29 is 13.9 Å². The number of halogens is 1. The SMILES string of the molecule is O=Cc1c(F)cccc1C1=CC2COCC(C1)N2Cc1ccccc1. The van der Waals surface area contributed by atoms with Gasteiger partial charge in [0.05, 0.1) is 24.8 Å². The molecule has 2 heterocycles. The van der Waals surface area contributed by atoms with Gasteiger partial charge >= 0.3 is 0 Å². The first-order chi connectivity index (χ1) is 12.3. The fourth-order valence-corrected chi connectivity index (χ4v) is 3.84. The van der Waals surface area contributed by atoms with Crippen LogP contribution in [0.15, 0.2) is 54.6 Å². The maximum absolute atomic E-state index is 14.0. The normalized spacial score (nSPS) is 23.2. The fraction of sp³-hybridized carbons (Fsp3) is 0.286. The van der Waals surface area contributed by atoms with Crippen LogP contribution in [0.25, 0.3) is 5.57 Å². The molecular weight excluding hydrogens is 317 g/mol. The maximum Gasteiger partial charge on any atom is 0.153 e. The van der Waals surface area contributed by atoms with Gasteiger partial charge in [0.15, 0.2) is 6.29 Å². The highest BCUT2D eigenvalue weighted by molar-refractivity contribution is 5.86. The second kappa shape index (κ2) is 6.90. The van der Waals surface area contributed by atoms with Gasteiger partial charge in [0.25, 0.3) is 0 Å². The second-order valence-electron chi connectivity index (χ2n) is 6.63. The average Bonchev–Trinajstić information content (AvgIpc) is 2.62. The van der Waals surface area contributed by atoms with Crippen LogP contribution in [-0.2, 0) is 11.3 Å². The van der Waals surface area contributed by atoms with Crippen molar-refractivity contribution in [1.82, 2.24) is 4.90 Å². The van der Waals surface area contributed by atoms with E-state index in [0.717, 1.165) is 18.5 Å². The zero-order chi connectivity index (χ0) is 17.2. The molecule has 0 N–H and O–H groups in total. The van der Waals surface area contributed by atoms with E-state index in [4.69, 9.17) is 4.74 Å². The highest BCUT2D eigenvalue weighted by Gasteiger charge is 2.35. The van der Waals surface area contributed by atoms with Crippen LogP contribution in [0.5, 0.6) is 0 Å². The van der Waals surface area contributed by atoms with Crippen molar-refractivity contribution in [3.8, 4) is 0 Å². The smallest absolute Gasteiger partial charge is 0.153 e. The van der Waals surface area contributed by atoms with E-state index in [-0.39, 0.29) is 17.6 Å². The molecule has 1 saturated heterocycles. The molecule has 2 aromatic rings. The van der Waals surface area contributed by atoms with Crippen molar-refractivity contribution in [3.05, 3.63) is 77.1 Å². The van der Waals surface area contributed by atoms with Crippen molar-refractivity contribution in [2.45, 2.75) is 25.0 Å². The lowest BCUT2D eigenvalue weighted by atomic mass is 9.87. The monoisotopic (exact) mass is 337 g/mol. The molecule has 2 bridgehead atoms. The van der Waals surface area contributed by atoms with E-state index in [1.54, 1.807) is 6.07 Å². The molecule has 0 aromatic heterocycles. The lowest BCUT2D eigenvalue weighted by Crippen LogP contribution is -2.53. The number of ether oxygens (including phenoxy) is 1. The predicted molar refractivity (Wildman–Crippen MR) is 94.8 cm³/mol. The average molecular weight is 337 g/mol. The number of morpholine rings is 1. The molecule has 2 aromatic carbocycles. The number of carbonyl (C=O) groups excluding carboxylic acids is 1. The van der Waals surface area contributed by atoms with E-state index in [1.807, 2.05) is 12.1 Å². The lowest BCUT2D eigenvalue weighted by molar-refractivity contribution is -0.0402. The van der Waals surface area contributed by atoms with Gasteiger partial charge in [-0.25, -0.2) is 4.39 Å². The zero-order valence-electron chi connectivity index (χ0n) is 13.9. The molecule has 0 spiro atoms.